The van der Waals surface area contributed by atoms with Crippen molar-refractivity contribution in [1.82, 2.24) is 5.32 Å². The Kier molecular flexibility index (Phi) is 2.51. The molecule has 96 valence electrons. The van der Waals surface area contributed by atoms with E-state index in [-0.39, 0.29) is 11.5 Å². The monoisotopic (exact) mass is 236 g/mol. The topological polar surface area (TPSA) is 55.1 Å². The van der Waals surface area contributed by atoms with E-state index in [2.05, 4.69) is 19.2 Å². The molecule has 3 rings (SSSR count). The zero-order valence-corrected chi connectivity index (χ0v) is 10.9. The predicted octanol–water partition coefficient (Wildman–Crippen LogP) is 1.66. The van der Waals surface area contributed by atoms with Gasteiger partial charge in [0.2, 0.25) is 5.91 Å². The minimum atomic E-state index is 0.0767. The zero-order valence-electron chi connectivity index (χ0n) is 10.9. The van der Waals surface area contributed by atoms with Gasteiger partial charge in [0.05, 0.1) is 0 Å². The van der Waals surface area contributed by atoms with Crippen LogP contribution in [0.3, 0.4) is 0 Å². The summed E-state index contributed by atoms with van der Waals surface area (Å²) < 4.78 is 0. The molecular formula is C14H24N2O. The van der Waals surface area contributed by atoms with Crippen LogP contribution < -0.4 is 11.1 Å². The lowest BCUT2D eigenvalue weighted by Crippen LogP contribution is -2.65. The molecule has 2 bridgehead atoms. The average Bonchev–Trinajstić information content (AvgIpc) is 2.90. The highest BCUT2D eigenvalue weighted by molar-refractivity contribution is 5.80. The van der Waals surface area contributed by atoms with Crippen LogP contribution in [-0.4, -0.2) is 18.0 Å². The van der Waals surface area contributed by atoms with E-state index in [1.165, 1.54) is 19.3 Å². The van der Waals surface area contributed by atoms with Crippen LogP contribution in [0, 0.1) is 23.2 Å². The van der Waals surface area contributed by atoms with E-state index in [0.717, 1.165) is 18.8 Å². The fraction of sp³-hybridized carbons (Fsp3) is 0.929. The van der Waals surface area contributed by atoms with Crippen LogP contribution in [0.5, 0.6) is 0 Å². The Morgan fingerprint density at radius 3 is 2.47 bits per heavy atom. The molecule has 0 saturated heterocycles. The van der Waals surface area contributed by atoms with Gasteiger partial charge in [0.25, 0.3) is 0 Å². The summed E-state index contributed by atoms with van der Waals surface area (Å²) in [5.74, 6) is 2.13. The summed E-state index contributed by atoms with van der Waals surface area (Å²) in [4.78, 5) is 12.3. The molecule has 0 spiro atoms. The maximum absolute atomic E-state index is 12.3. The molecule has 0 aliphatic heterocycles. The Hall–Kier alpha value is -0.570. The second-order valence-electron chi connectivity index (χ2n) is 7.01. The van der Waals surface area contributed by atoms with Gasteiger partial charge in [0, 0.05) is 23.4 Å². The van der Waals surface area contributed by atoms with Gasteiger partial charge >= 0.3 is 0 Å². The van der Waals surface area contributed by atoms with Crippen LogP contribution in [0.2, 0.25) is 0 Å². The lowest BCUT2D eigenvalue weighted by atomic mass is 9.63. The van der Waals surface area contributed by atoms with Gasteiger partial charge < -0.3 is 11.1 Å². The molecule has 3 fully saturated rings. The summed E-state index contributed by atoms with van der Waals surface area (Å²) in [5, 5.41) is 3.24. The molecule has 0 heterocycles. The molecule has 3 aliphatic carbocycles. The standard InChI is InChI=1S/C14H24N2O/c1-14(2)11(15)7-12(14)16-13(17)10-6-8-3-4-9(10)5-8/h8-12H,3-7,15H2,1-2H3,(H,16,17). The number of nitrogens with two attached hydrogens (primary N) is 1. The number of hydrogen-bond donors (Lipinski definition) is 2. The Labute approximate surface area is 104 Å². The quantitative estimate of drug-likeness (QED) is 0.766. The van der Waals surface area contributed by atoms with E-state index >= 15 is 0 Å². The van der Waals surface area contributed by atoms with Crippen LogP contribution in [0.1, 0.15) is 46.0 Å². The zero-order chi connectivity index (χ0) is 12.2. The fourth-order valence-electron chi connectivity index (χ4n) is 4.05. The van der Waals surface area contributed by atoms with E-state index in [4.69, 9.17) is 5.73 Å². The summed E-state index contributed by atoms with van der Waals surface area (Å²) in [6.45, 7) is 4.32. The Morgan fingerprint density at radius 2 is 2.00 bits per heavy atom. The molecule has 3 N–H and O–H groups in total. The molecule has 5 atom stereocenters. The largest absolute Gasteiger partial charge is 0.352 e. The van der Waals surface area contributed by atoms with Crippen molar-refractivity contribution in [2.24, 2.45) is 28.9 Å². The summed E-state index contributed by atoms with van der Waals surface area (Å²) >= 11 is 0. The Balaban J connectivity index is 1.58. The molecule has 5 unspecified atom stereocenters. The molecule has 3 saturated carbocycles. The number of nitrogens with one attached hydrogen (secondary N) is 1. The first-order valence-corrected chi connectivity index (χ1v) is 7.04. The SMILES string of the molecule is CC1(C)C(N)CC1NC(=O)C1CC2CCC1C2. The van der Waals surface area contributed by atoms with Gasteiger partial charge in [0.1, 0.15) is 0 Å². The highest BCUT2D eigenvalue weighted by Crippen LogP contribution is 2.48. The Morgan fingerprint density at radius 1 is 1.24 bits per heavy atom. The number of hydrogen-bond acceptors (Lipinski definition) is 2. The third-order valence-corrected chi connectivity index (χ3v) is 5.73. The fourth-order valence-corrected chi connectivity index (χ4v) is 4.05. The average molecular weight is 236 g/mol. The molecule has 0 aromatic heterocycles. The third kappa shape index (κ3) is 1.70. The number of amides is 1. The highest BCUT2D eigenvalue weighted by atomic mass is 16.2. The lowest BCUT2D eigenvalue weighted by molar-refractivity contribution is -0.129. The van der Waals surface area contributed by atoms with Crippen molar-refractivity contribution >= 4 is 5.91 Å². The van der Waals surface area contributed by atoms with Gasteiger partial charge in [-0.2, -0.15) is 0 Å². The van der Waals surface area contributed by atoms with Crippen LogP contribution in [0.4, 0.5) is 0 Å². The van der Waals surface area contributed by atoms with Gasteiger partial charge in [-0.05, 0) is 37.5 Å². The molecule has 0 aromatic rings. The van der Waals surface area contributed by atoms with E-state index < -0.39 is 0 Å². The highest BCUT2D eigenvalue weighted by Gasteiger charge is 2.49. The summed E-state index contributed by atoms with van der Waals surface area (Å²) in [6.07, 6.45) is 6.01. The number of rotatable bonds is 2. The van der Waals surface area contributed by atoms with E-state index in [1.54, 1.807) is 0 Å². The minimum absolute atomic E-state index is 0.0767. The maximum Gasteiger partial charge on any atom is 0.223 e. The van der Waals surface area contributed by atoms with Crippen molar-refractivity contribution in [3.8, 4) is 0 Å². The van der Waals surface area contributed by atoms with Gasteiger partial charge in [-0.1, -0.05) is 20.3 Å². The third-order valence-electron chi connectivity index (χ3n) is 5.73. The molecule has 1 amide bonds. The molecule has 3 nitrogen and oxygen atoms in total. The van der Waals surface area contributed by atoms with Crippen molar-refractivity contribution in [2.45, 2.75) is 58.0 Å². The van der Waals surface area contributed by atoms with Crippen LogP contribution in [0.15, 0.2) is 0 Å². The van der Waals surface area contributed by atoms with Crippen molar-refractivity contribution in [1.29, 1.82) is 0 Å². The summed E-state index contributed by atoms with van der Waals surface area (Å²) in [7, 11) is 0. The van der Waals surface area contributed by atoms with Gasteiger partial charge in [-0.25, -0.2) is 0 Å². The number of fused-ring (bicyclic) bond motifs is 2. The van der Waals surface area contributed by atoms with Crippen molar-refractivity contribution < 1.29 is 4.79 Å². The predicted molar refractivity (Wildman–Crippen MR) is 67.2 cm³/mol. The molecular weight excluding hydrogens is 212 g/mol. The second kappa shape index (κ2) is 3.71. The minimum Gasteiger partial charge on any atom is -0.352 e. The molecule has 0 radical (unpaired) electrons. The molecule has 3 aliphatic rings. The van der Waals surface area contributed by atoms with E-state index in [0.29, 0.717) is 23.8 Å². The lowest BCUT2D eigenvalue weighted by Gasteiger charge is -2.50. The van der Waals surface area contributed by atoms with Gasteiger partial charge in [-0.3, -0.25) is 4.79 Å². The first kappa shape index (κ1) is 11.5. The van der Waals surface area contributed by atoms with Crippen LogP contribution in [-0.2, 0) is 4.79 Å². The maximum atomic E-state index is 12.3. The second-order valence-corrected chi connectivity index (χ2v) is 7.01. The first-order chi connectivity index (χ1) is 7.98. The Bertz CT molecular complexity index is 339. The molecule has 0 aromatic carbocycles. The normalized spacial score (nSPS) is 46.6. The number of carbonyl (C=O) groups is 1. The first-order valence-electron chi connectivity index (χ1n) is 7.04. The smallest absolute Gasteiger partial charge is 0.223 e. The van der Waals surface area contributed by atoms with Crippen LogP contribution >= 0.6 is 0 Å². The van der Waals surface area contributed by atoms with Gasteiger partial charge in [0.15, 0.2) is 0 Å². The van der Waals surface area contributed by atoms with Crippen molar-refractivity contribution in [3.63, 3.8) is 0 Å². The van der Waals surface area contributed by atoms with E-state index in [1.807, 2.05) is 0 Å². The summed E-state index contributed by atoms with van der Waals surface area (Å²) in [5.41, 5.74) is 6.06. The molecule has 17 heavy (non-hydrogen) atoms. The molecule has 3 heteroatoms. The van der Waals surface area contributed by atoms with Crippen LogP contribution in [0.25, 0.3) is 0 Å². The van der Waals surface area contributed by atoms with Gasteiger partial charge in [-0.15, -0.1) is 0 Å². The van der Waals surface area contributed by atoms with Crippen molar-refractivity contribution in [2.75, 3.05) is 0 Å². The van der Waals surface area contributed by atoms with Crippen molar-refractivity contribution in [3.05, 3.63) is 0 Å². The number of carbonyl (C=O) groups excluding carboxylic acids is 1. The summed E-state index contributed by atoms with van der Waals surface area (Å²) in [6, 6.07) is 0.539. The van der Waals surface area contributed by atoms with E-state index in [9.17, 15) is 4.79 Å².